The van der Waals surface area contributed by atoms with Crippen LogP contribution in [0.2, 0.25) is 0 Å². The number of rotatable bonds is 4. The third kappa shape index (κ3) is 3.11. The third-order valence-corrected chi connectivity index (χ3v) is 2.73. The van der Waals surface area contributed by atoms with Gasteiger partial charge in [-0.1, -0.05) is 12.1 Å². The SMILES string of the molecule is C[C@H](NCc1ccc(F)c(F)c1)c1ccccn1. The zero-order valence-electron chi connectivity index (χ0n) is 10.0. The molecule has 1 aromatic heterocycles. The van der Waals surface area contributed by atoms with Gasteiger partial charge in [-0.3, -0.25) is 4.98 Å². The van der Waals surface area contributed by atoms with Crippen LogP contribution in [-0.4, -0.2) is 4.98 Å². The number of aromatic nitrogens is 1. The Morgan fingerprint density at radius 1 is 1.17 bits per heavy atom. The maximum atomic E-state index is 13.0. The van der Waals surface area contributed by atoms with Gasteiger partial charge in [0.05, 0.1) is 5.69 Å². The second-order valence-corrected chi connectivity index (χ2v) is 4.11. The predicted octanol–water partition coefficient (Wildman–Crippen LogP) is 3.21. The number of benzene rings is 1. The zero-order chi connectivity index (χ0) is 13.0. The molecule has 1 atom stereocenters. The highest BCUT2D eigenvalue weighted by Gasteiger charge is 2.07. The van der Waals surface area contributed by atoms with Crippen molar-refractivity contribution in [1.29, 1.82) is 0 Å². The van der Waals surface area contributed by atoms with Crippen molar-refractivity contribution in [3.63, 3.8) is 0 Å². The van der Waals surface area contributed by atoms with Gasteiger partial charge in [-0.05, 0) is 36.8 Å². The molecule has 1 N–H and O–H groups in total. The Balaban J connectivity index is 1.97. The molecule has 2 nitrogen and oxygen atoms in total. The number of hydrogen-bond donors (Lipinski definition) is 1. The molecule has 0 saturated heterocycles. The summed E-state index contributed by atoms with van der Waals surface area (Å²) in [7, 11) is 0. The highest BCUT2D eigenvalue weighted by atomic mass is 19.2. The summed E-state index contributed by atoms with van der Waals surface area (Å²) in [5, 5.41) is 3.21. The summed E-state index contributed by atoms with van der Waals surface area (Å²) in [6.07, 6.45) is 1.73. The summed E-state index contributed by atoms with van der Waals surface area (Å²) < 4.78 is 25.8. The number of halogens is 2. The predicted molar refractivity (Wildman–Crippen MR) is 65.8 cm³/mol. The molecule has 2 aromatic rings. The standard InChI is InChI=1S/C14H14F2N2/c1-10(14-4-2-3-7-17-14)18-9-11-5-6-12(15)13(16)8-11/h2-8,10,18H,9H2,1H3/t10-/m0/s1. The van der Waals surface area contributed by atoms with E-state index in [9.17, 15) is 8.78 Å². The first-order chi connectivity index (χ1) is 8.66. The van der Waals surface area contributed by atoms with Gasteiger partial charge in [-0.25, -0.2) is 8.78 Å². The second kappa shape index (κ2) is 5.69. The van der Waals surface area contributed by atoms with Gasteiger partial charge in [0.25, 0.3) is 0 Å². The van der Waals surface area contributed by atoms with Crippen LogP contribution in [0.5, 0.6) is 0 Å². The van der Waals surface area contributed by atoms with Crippen molar-refractivity contribution in [3.8, 4) is 0 Å². The fourth-order valence-electron chi connectivity index (χ4n) is 1.66. The van der Waals surface area contributed by atoms with Gasteiger partial charge in [0.2, 0.25) is 0 Å². The van der Waals surface area contributed by atoms with Crippen LogP contribution in [0.3, 0.4) is 0 Å². The molecule has 0 radical (unpaired) electrons. The molecule has 2 rings (SSSR count). The van der Waals surface area contributed by atoms with E-state index in [0.717, 1.165) is 11.8 Å². The monoisotopic (exact) mass is 248 g/mol. The van der Waals surface area contributed by atoms with E-state index in [0.29, 0.717) is 12.1 Å². The lowest BCUT2D eigenvalue weighted by Crippen LogP contribution is -2.19. The van der Waals surface area contributed by atoms with Crippen molar-refractivity contribution in [3.05, 3.63) is 65.5 Å². The van der Waals surface area contributed by atoms with E-state index in [1.54, 1.807) is 12.3 Å². The molecule has 0 aliphatic carbocycles. The van der Waals surface area contributed by atoms with E-state index < -0.39 is 11.6 Å². The van der Waals surface area contributed by atoms with Gasteiger partial charge in [-0.2, -0.15) is 0 Å². The summed E-state index contributed by atoms with van der Waals surface area (Å²) in [4.78, 5) is 4.23. The second-order valence-electron chi connectivity index (χ2n) is 4.11. The molecule has 0 amide bonds. The van der Waals surface area contributed by atoms with Gasteiger partial charge in [-0.15, -0.1) is 0 Å². The molecule has 18 heavy (non-hydrogen) atoms. The summed E-state index contributed by atoms with van der Waals surface area (Å²) in [6.45, 7) is 2.44. The molecule has 1 aromatic carbocycles. The van der Waals surface area contributed by atoms with Crippen molar-refractivity contribution >= 4 is 0 Å². The summed E-state index contributed by atoms with van der Waals surface area (Å²) >= 11 is 0. The minimum absolute atomic E-state index is 0.0549. The Hall–Kier alpha value is -1.81. The fourth-order valence-corrected chi connectivity index (χ4v) is 1.66. The van der Waals surface area contributed by atoms with Crippen molar-refractivity contribution < 1.29 is 8.78 Å². The van der Waals surface area contributed by atoms with Crippen LogP contribution in [0.1, 0.15) is 24.2 Å². The van der Waals surface area contributed by atoms with E-state index in [1.165, 1.54) is 6.07 Å². The molecule has 94 valence electrons. The van der Waals surface area contributed by atoms with Gasteiger partial charge in [0.15, 0.2) is 11.6 Å². The molecule has 4 heteroatoms. The molecule has 0 spiro atoms. The van der Waals surface area contributed by atoms with Crippen molar-refractivity contribution in [2.24, 2.45) is 0 Å². The van der Waals surface area contributed by atoms with Crippen LogP contribution in [0.4, 0.5) is 8.78 Å². The van der Waals surface area contributed by atoms with Crippen LogP contribution < -0.4 is 5.32 Å². The summed E-state index contributed by atoms with van der Waals surface area (Å²) in [6, 6.07) is 9.65. The minimum Gasteiger partial charge on any atom is -0.305 e. The maximum absolute atomic E-state index is 13.0. The van der Waals surface area contributed by atoms with Crippen LogP contribution >= 0.6 is 0 Å². The highest BCUT2D eigenvalue weighted by molar-refractivity contribution is 5.18. The third-order valence-electron chi connectivity index (χ3n) is 2.73. The number of hydrogen-bond acceptors (Lipinski definition) is 2. The molecular formula is C14H14F2N2. The first-order valence-corrected chi connectivity index (χ1v) is 5.75. The lowest BCUT2D eigenvalue weighted by Gasteiger charge is -2.13. The van der Waals surface area contributed by atoms with Crippen molar-refractivity contribution in [1.82, 2.24) is 10.3 Å². The summed E-state index contributed by atoms with van der Waals surface area (Å²) in [5.74, 6) is -1.64. The first-order valence-electron chi connectivity index (χ1n) is 5.75. The number of nitrogens with zero attached hydrogens (tertiary/aromatic N) is 1. The molecule has 0 aliphatic heterocycles. The smallest absolute Gasteiger partial charge is 0.159 e. The van der Waals surface area contributed by atoms with Gasteiger partial charge in [0.1, 0.15) is 0 Å². The van der Waals surface area contributed by atoms with E-state index in [2.05, 4.69) is 10.3 Å². The first kappa shape index (κ1) is 12.6. The lowest BCUT2D eigenvalue weighted by molar-refractivity contribution is 0.503. The molecule has 0 aliphatic rings. The average molecular weight is 248 g/mol. The number of pyridine rings is 1. The van der Waals surface area contributed by atoms with Gasteiger partial charge < -0.3 is 5.32 Å². The van der Waals surface area contributed by atoms with Crippen molar-refractivity contribution in [2.45, 2.75) is 19.5 Å². The molecular weight excluding hydrogens is 234 g/mol. The van der Waals surface area contributed by atoms with E-state index in [-0.39, 0.29) is 6.04 Å². The van der Waals surface area contributed by atoms with Crippen LogP contribution in [0, 0.1) is 11.6 Å². The van der Waals surface area contributed by atoms with E-state index >= 15 is 0 Å². The Morgan fingerprint density at radius 2 is 2.00 bits per heavy atom. The molecule has 0 fully saturated rings. The van der Waals surface area contributed by atoms with E-state index in [1.807, 2.05) is 25.1 Å². The summed E-state index contributed by atoms with van der Waals surface area (Å²) in [5.41, 5.74) is 1.62. The Bertz CT molecular complexity index is 514. The van der Waals surface area contributed by atoms with Crippen molar-refractivity contribution in [2.75, 3.05) is 0 Å². The van der Waals surface area contributed by atoms with Crippen LogP contribution in [0.25, 0.3) is 0 Å². The quantitative estimate of drug-likeness (QED) is 0.898. The average Bonchev–Trinajstić information content (AvgIpc) is 2.41. The fraction of sp³-hybridized carbons (Fsp3) is 0.214. The minimum atomic E-state index is -0.823. The normalized spacial score (nSPS) is 12.4. The Kier molecular flexibility index (Phi) is 3.99. The molecule has 0 bridgehead atoms. The van der Waals surface area contributed by atoms with Gasteiger partial charge in [0, 0.05) is 18.8 Å². The van der Waals surface area contributed by atoms with Gasteiger partial charge >= 0.3 is 0 Å². The van der Waals surface area contributed by atoms with E-state index in [4.69, 9.17) is 0 Å². The Morgan fingerprint density at radius 3 is 2.67 bits per heavy atom. The zero-order valence-corrected chi connectivity index (χ0v) is 10.0. The van der Waals surface area contributed by atoms with Crippen LogP contribution in [0.15, 0.2) is 42.6 Å². The lowest BCUT2D eigenvalue weighted by atomic mass is 10.1. The molecule has 1 heterocycles. The largest absolute Gasteiger partial charge is 0.305 e. The molecule has 0 unspecified atom stereocenters. The highest BCUT2D eigenvalue weighted by Crippen LogP contribution is 2.12. The Labute approximate surface area is 105 Å². The molecule has 0 saturated carbocycles. The van der Waals surface area contributed by atoms with Crippen LogP contribution in [-0.2, 0) is 6.54 Å². The number of nitrogens with one attached hydrogen (secondary N) is 1. The topological polar surface area (TPSA) is 24.9 Å². The maximum Gasteiger partial charge on any atom is 0.159 e.